The molecule has 0 fully saturated rings. The number of pyridine rings is 1. The molecule has 0 radical (unpaired) electrons. The summed E-state index contributed by atoms with van der Waals surface area (Å²) >= 11 is 0. The van der Waals surface area contributed by atoms with Crippen molar-refractivity contribution in [3.63, 3.8) is 0 Å². The van der Waals surface area contributed by atoms with Crippen molar-refractivity contribution in [1.29, 1.82) is 0 Å². The lowest BCUT2D eigenvalue weighted by Crippen LogP contribution is -2.15. The Morgan fingerprint density at radius 2 is 1.56 bits per heavy atom. The highest BCUT2D eigenvalue weighted by atomic mass is 15.1. The Morgan fingerprint density at radius 3 is 2.31 bits per heavy atom. The zero-order valence-corrected chi connectivity index (χ0v) is 8.80. The second-order valence-electron chi connectivity index (χ2n) is 3.14. The average molecular weight is 215 g/mol. The van der Waals surface area contributed by atoms with Gasteiger partial charge in [-0.05, 0) is 18.2 Å². The van der Waals surface area contributed by atoms with Gasteiger partial charge in [0, 0.05) is 31.7 Å². The molecule has 2 rings (SSSR count). The molecule has 0 unspecified atom stereocenters. The van der Waals surface area contributed by atoms with Crippen molar-refractivity contribution in [3.05, 3.63) is 42.9 Å². The number of hydrogen-bond acceptors (Lipinski definition) is 5. The average Bonchev–Trinajstić information content (AvgIpc) is 2.37. The summed E-state index contributed by atoms with van der Waals surface area (Å²) in [6.07, 6.45) is 5.18. The molecule has 16 heavy (non-hydrogen) atoms. The Kier molecular flexibility index (Phi) is 3.65. The minimum Gasteiger partial charge on any atom is -0.368 e. The molecule has 5 nitrogen and oxygen atoms in total. The van der Waals surface area contributed by atoms with Gasteiger partial charge in [-0.25, -0.2) is 15.0 Å². The van der Waals surface area contributed by atoms with Gasteiger partial charge in [-0.1, -0.05) is 6.07 Å². The van der Waals surface area contributed by atoms with Crippen LogP contribution in [-0.4, -0.2) is 28.0 Å². The molecule has 2 N–H and O–H groups in total. The van der Waals surface area contributed by atoms with Crippen LogP contribution < -0.4 is 10.6 Å². The maximum Gasteiger partial charge on any atom is 0.222 e. The molecule has 2 heterocycles. The van der Waals surface area contributed by atoms with Crippen molar-refractivity contribution in [1.82, 2.24) is 15.0 Å². The van der Waals surface area contributed by atoms with E-state index in [9.17, 15) is 0 Å². The summed E-state index contributed by atoms with van der Waals surface area (Å²) in [5, 5.41) is 6.29. The highest BCUT2D eigenvalue weighted by Crippen LogP contribution is 1.98. The highest BCUT2D eigenvalue weighted by molar-refractivity contribution is 5.33. The van der Waals surface area contributed by atoms with Gasteiger partial charge < -0.3 is 10.6 Å². The Hall–Kier alpha value is -2.17. The van der Waals surface area contributed by atoms with Crippen LogP contribution in [0.25, 0.3) is 0 Å². The molecule has 0 saturated carbocycles. The van der Waals surface area contributed by atoms with Crippen LogP contribution in [0.3, 0.4) is 0 Å². The molecule has 5 heteroatoms. The van der Waals surface area contributed by atoms with Crippen molar-refractivity contribution in [3.8, 4) is 0 Å². The smallest absolute Gasteiger partial charge is 0.222 e. The molecule has 0 saturated heterocycles. The summed E-state index contributed by atoms with van der Waals surface area (Å²) in [6.45, 7) is 1.52. The second-order valence-corrected chi connectivity index (χ2v) is 3.14. The maximum atomic E-state index is 4.15. The van der Waals surface area contributed by atoms with E-state index in [-0.39, 0.29) is 0 Å². The fourth-order valence-electron chi connectivity index (χ4n) is 1.22. The fourth-order valence-corrected chi connectivity index (χ4v) is 1.22. The summed E-state index contributed by atoms with van der Waals surface area (Å²) in [5.74, 6) is 1.52. The first-order valence-corrected chi connectivity index (χ1v) is 5.11. The molecular formula is C11H13N5. The van der Waals surface area contributed by atoms with E-state index in [1.165, 1.54) is 0 Å². The first-order chi connectivity index (χ1) is 7.95. The minimum atomic E-state index is 0.644. The van der Waals surface area contributed by atoms with Gasteiger partial charge in [-0.2, -0.15) is 0 Å². The van der Waals surface area contributed by atoms with Gasteiger partial charge in [-0.3, -0.25) is 0 Å². The van der Waals surface area contributed by atoms with Crippen LogP contribution in [0.15, 0.2) is 42.9 Å². The van der Waals surface area contributed by atoms with Crippen LogP contribution in [0.1, 0.15) is 0 Å². The van der Waals surface area contributed by atoms with Gasteiger partial charge in [-0.15, -0.1) is 0 Å². The molecule has 82 valence electrons. The van der Waals surface area contributed by atoms with Crippen molar-refractivity contribution in [2.75, 3.05) is 23.7 Å². The van der Waals surface area contributed by atoms with Gasteiger partial charge in [0.1, 0.15) is 5.82 Å². The van der Waals surface area contributed by atoms with Crippen molar-refractivity contribution < 1.29 is 0 Å². The number of rotatable bonds is 5. The second kappa shape index (κ2) is 5.65. The summed E-state index contributed by atoms with van der Waals surface area (Å²) in [7, 11) is 0. The van der Waals surface area contributed by atoms with Gasteiger partial charge >= 0.3 is 0 Å². The Bertz CT molecular complexity index is 362. The van der Waals surface area contributed by atoms with E-state index in [0.717, 1.165) is 18.9 Å². The summed E-state index contributed by atoms with van der Waals surface area (Å²) in [6, 6.07) is 7.56. The molecule has 0 bridgehead atoms. The summed E-state index contributed by atoms with van der Waals surface area (Å²) < 4.78 is 0. The molecule has 0 aromatic carbocycles. The number of nitrogens with one attached hydrogen (secondary N) is 2. The van der Waals surface area contributed by atoms with Crippen LogP contribution in [-0.2, 0) is 0 Å². The van der Waals surface area contributed by atoms with Crippen molar-refractivity contribution in [2.24, 2.45) is 0 Å². The first-order valence-electron chi connectivity index (χ1n) is 5.11. The molecule has 2 aromatic rings. The molecule has 0 aliphatic heterocycles. The van der Waals surface area contributed by atoms with Crippen LogP contribution in [0, 0.1) is 0 Å². The summed E-state index contributed by atoms with van der Waals surface area (Å²) in [4.78, 5) is 12.3. The number of hydrogen-bond donors (Lipinski definition) is 2. The van der Waals surface area contributed by atoms with Gasteiger partial charge in [0.2, 0.25) is 5.95 Å². The zero-order valence-electron chi connectivity index (χ0n) is 8.80. The predicted octanol–water partition coefficient (Wildman–Crippen LogP) is 1.40. The number of nitrogens with zero attached hydrogens (tertiary/aromatic N) is 3. The molecule has 0 spiro atoms. The Morgan fingerprint density at radius 1 is 0.812 bits per heavy atom. The summed E-state index contributed by atoms with van der Waals surface area (Å²) in [5.41, 5.74) is 0. The van der Waals surface area contributed by atoms with Gasteiger partial charge in [0.05, 0.1) is 0 Å². The zero-order chi connectivity index (χ0) is 11.1. The fraction of sp³-hybridized carbons (Fsp3) is 0.182. The van der Waals surface area contributed by atoms with Crippen LogP contribution in [0.2, 0.25) is 0 Å². The lowest BCUT2D eigenvalue weighted by Gasteiger charge is -2.06. The third kappa shape index (κ3) is 3.20. The lowest BCUT2D eigenvalue weighted by atomic mass is 10.4. The SMILES string of the molecule is c1ccc(NCCNc2ncccn2)nc1. The van der Waals surface area contributed by atoms with Gasteiger partial charge in [0.15, 0.2) is 0 Å². The van der Waals surface area contributed by atoms with Crippen LogP contribution >= 0.6 is 0 Å². The van der Waals surface area contributed by atoms with E-state index in [4.69, 9.17) is 0 Å². The molecule has 0 aliphatic rings. The minimum absolute atomic E-state index is 0.644. The normalized spacial score (nSPS) is 9.75. The number of anilines is 2. The lowest BCUT2D eigenvalue weighted by molar-refractivity contribution is 1.02. The maximum absolute atomic E-state index is 4.15. The van der Waals surface area contributed by atoms with Crippen LogP contribution in [0.5, 0.6) is 0 Å². The van der Waals surface area contributed by atoms with E-state index in [2.05, 4.69) is 25.6 Å². The topological polar surface area (TPSA) is 62.7 Å². The highest BCUT2D eigenvalue weighted by Gasteiger charge is 1.93. The van der Waals surface area contributed by atoms with E-state index >= 15 is 0 Å². The molecular weight excluding hydrogens is 202 g/mol. The molecule has 0 amide bonds. The molecule has 0 atom stereocenters. The largest absolute Gasteiger partial charge is 0.368 e. The molecule has 2 aromatic heterocycles. The quantitative estimate of drug-likeness (QED) is 0.738. The van der Waals surface area contributed by atoms with E-state index in [1.54, 1.807) is 24.7 Å². The van der Waals surface area contributed by atoms with E-state index < -0.39 is 0 Å². The van der Waals surface area contributed by atoms with Crippen molar-refractivity contribution in [2.45, 2.75) is 0 Å². The Labute approximate surface area is 94.0 Å². The predicted molar refractivity (Wildman–Crippen MR) is 63.2 cm³/mol. The Balaban J connectivity index is 1.70. The monoisotopic (exact) mass is 215 g/mol. The third-order valence-electron chi connectivity index (χ3n) is 1.94. The van der Waals surface area contributed by atoms with Crippen molar-refractivity contribution >= 4 is 11.8 Å². The van der Waals surface area contributed by atoms with E-state index in [1.807, 2.05) is 18.2 Å². The van der Waals surface area contributed by atoms with Crippen LogP contribution in [0.4, 0.5) is 11.8 Å². The standard InChI is InChI=1S/C11H13N5/c1-2-5-12-10(4-1)13-8-9-16-11-14-6-3-7-15-11/h1-7H,8-9H2,(H,12,13)(H,14,15,16). The number of aromatic nitrogens is 3. The van der Waals surface area contributed by atoms with Gasteiger partial charge in [0.25, 0.3) is 0 Å². The molecule has 0 aliphatic carbocycles. The third-order valence-corrected chi connectivity index (χ3v) is 1.94. The van der Waals surface area contributed by atoms with E-state index in [0.29, 0.717) is 5.95 Å². The first kappa shape index (κ1) is 10.4.